The summed E-state index contributed by atoms with van der Waals surface area (Å²) >= 11 is 0. The van der Waals surface area contributed by atoms with Crippen molar-refractivity contribution in [3.63, 3.8) is 0 Å². The van der Waals surface area contributed by atoms with Gasteiger partial charge in [0, 0.05) is 33.4 Å². The topological polar surface area (TPSA) is 55.8 Å². The third-order valence-electron chi connectivity index (χ3n) is 4.97. The van der Waals surface area contributed by atoms with E-state index in [9.17, 15) is 0 Å². The second-order valence-electron chi connectivity index (χ2n) is 8.74. The number of carboxylic acid groups (broad SMARTS) is 1. The minimum Gasteiger partial charge on any atom is -0.481 e. The molecule has 0 amide bonds. The van der Waals surface area contributed by atoms with Crippen LogP contribution < -0.4 is 0 Å². The maximum absolute atomic E-state index is 9.00. The van der Waals surface area contributed by atoms with E-state index in [4.69, 9.17) is 19.4 Å². The number of benzene rings is 2. The van der Waals surface area contributed by atoms with Crippen LogP contribution in [0.25, 0.3) is 0 Å². The molecular weight excluding hydrogens is 448 g/mol. The van der Waals surface area contributed by atoms with E-state index in [1.165, 1.54) is 76.2 Å². The second kappa shape index (κ2) is 32.8. The number of hydrogen-bond donors (Lipinski definition) is 1. The van der Waals surface area contributed by atoms with Crippen LogP contribution in [0.3, 0.4) is 0 Å². The number of hydrogen-bond acceptors (Lipinski definition) is 3. The first kappa shape index (κ1) is 36.0. The van der Waals surface area contributed by atoms with Crippen molar-refractivity contribution in [2.24, 2.45) is 0 Å². The van der Waals surface area contributed by atoms with E-state index >= 15 is 0 Å². The normalized spacial score (nSPS) is 13.6. The highest BCUT2D eigenvalue weighted by Crippen LogP contribution is 2.03. The number of ether oxygens (including phenoxy) is 2. The van der Waals surface area contributed by atoms with E-state index in [-0.39, 0.29) is 0 Å². The fourth-order valence-electron chi connectivity index (χ4n) is 2.97. The van der Waals surface area contributed by atoms with E-state index in [1.807, 2.05) is 54.6 Å². The number of aryl methyl sites for hydroxylation is 1. The average molecular weight is 503 g/mol. The van der Waals surface area contributed by atoms with Gasteiger partial charge in [0.1, 0.15) is 0 Å². The molecule has 2 heterocycles. The quantitative estimate of drug-likeness (QED) is 0.423. The molecule has 0 atom stereocenters. The van der Waals surface area contributed by atoms with Crippen molar-refractivity contribution in [2.75, 3.05) is 26.4 Å². The van der Waals surface area contributed by atoms with Gasteiger partial charge in [-0.05, 0) is 45.4 Å². The van der Waals surface area contributed by atoms with E-state index in [0.717, 1.165) is 33.4 Å². The number of carboxylic acids is 1. The summed E-state index contributed by atoms with van der Waals surface area (Å²) in [5.41, 5.74) is 1.32. The molecule has 0 radical (unpaired) electrons. The minimum absolute atomic E-state index is 0.833. The van der Waals surface area contributed by atoms with Crippen LogP contribution in [-0.2, 0) is 14.3 Å². The van der Waals surface area contributed by atoms with E-state index in [0.29, 0.717) is 0 Å². The molecule has 0 saturated carbocycles. The van der Waals surface area contributed by atoms with E-state index in [1.54, 1.807) is 0 Å². The highest BCUT2D eigenvalue weighted by atomic mass is 16.5. The summed E-state index contributed by atoms with van der Waals surface area (Å²) in [4.78, 5) is 9.00. The van der Waals surface area contributed by atoms with Gasteiger partial charge in [0.15, 0.2) is 0 Å². The van der Waals surface area contributed by atoms with Gasteiger partial charge in [-0.15, -0.1) is 0 Å². The first-order chi connectivity index (χ1) is 17.5. The zero-order chi connectivity index (χ0) is 27.0. The molecule has 4 rings (SSSR count). The molecule has 4 nitrogen and oxygen atoms in total. The highest BCUT2D eigenvalue weighted by Gasteiger charge is 1.95. The third kappa shape index (κ3) is 39.1. The van der Waals surface area contributed by atoms with E-state index < -0.39 is 5.97 Å². The lowest BCUT2D eigenvalue weighted by molar-refractivity contribution is -0.134. The van der Waals surface area contributed by atoms with Gasteiger partial charge in [-0.3, -0.25) is 4.79 Å². The predicted molar refractivity (Wildman–Crippen MR) is 155 cm³/mol. The lowest BCUT2D eigenvalue weighted by atomic mass is 10.2. The lowest BCUT2D eigenvalue weighted by Gasteiger charge is -2.08. The van der Waals surface area contributed by atoms with Crippen molar-refractivity contribution >= 4 is 5.97 Å². The molecule has 2 aromatic rings. The van der Waals surface area contributed by atoms with Crippen molar-refractivity contribution < 1.29 is 19.4 Å². The highest BCUT2D eigenvalue weighted by molar-refractivity contribution is 5.62. The summed E-state index contributed by atoms with van der Waals surface area (Å²) in [6.45, 7) is 11.7. The fraction of sp³-hybridized carbons (Fsp3) is 0.594. The minimum atomic E-state index is -0.833. The number of carbonyl (C=O) groups is 1. The van der Waals surface area contributed by atoms with Crippen molar-refractivity contribution in [1.82, 2.24) is 0 Å². The third-order valence-corrected chi connectivity index (χ3v) is 4.97. The van der Waals surface area contributed by atoms with Crippen LogP contribution in [-0.4, -0.2) is 37.5 Å². The number of unbranched alkanes of at least 4 members (excludes halogenated alkanes) is 4. The smallest absolute Gasteiger partial charge is 0.300 e. The van der Waals surface area contributed by atoms with Gasteiger partial charge in [0.25, 0.3) is 5.97 Å². The summed E-state index contributed by atoms with van der Waals surface area (Å²) in [6, 6.07) is 22.3. The van der Waals surface area contributed by atoms with Gasteiger partial charge in [0.05, 0.1) is 0 Å². The van der Waals surface area contributed by atoms with Crippen molar-refractivity contribution in [3.05, 3.63) is 72.3 Å². The van der Waals surface area contributed by atoms with Gasteiger partial charge >= 0.3 is 0 Å². The molecule has 206 valence electrons. The zero-order valence-electron chi connectivity index (χ0n) is 23.6. The Morgan fingerprint density at radius 3 is 1.11 bits per heavy atom. The summed E-state index contributed by atoms with van der Waals surface area (Å²) < 4.78 is 10.1. The largest absolute Gasteiger partial charge is 0.481 e. The zero-order valence-corrected chi connectivity index (χ0v) is 23.6. The van der Waals surface area contributed by atoms with Gasteiger partial charge in [-0.1, -0.05) is 118 Å². The summed E-state index contributed by atoms with van der Waals surface area (Å²) in [5, 5.41) is 7.42. The molecule has 1 N–H and O–H groups in total. The Hall–Kier alpha value is -2.17. The van der Waals surface area contributed by atoms with Crippen LogP contribution in [0.4, 0.5) is 0 Å². The summed E-state index contributed by atoms with van der Waals surface area (Å²) in [6.07, 6.45) is 14.9. The molecule has 4 heteroatoms. The van der Waals surface area contributed by atoms with Gasteiger partial charge in [0.2, 0.25) is 0 Å². The molecule has 2 aliphatic heterocycles. The Kier molecular flexibility index (Phi) is 32.8. The molecule has 2 aliphatic rings. The van der Waals surface area contributed by atoms with Crippen LogP contribution >= 0.6 is 0 Å². The maximum Gasteiger partial charge on any atom is 0.300 e. The standard InChI is InChI=1S/C7H8.C7H16.C6H6.2C5H10O.C2H4O2/c1-7-5-3-2-4-6-7;1-3-5-7-6-4-2;3*1-2-4-6-5-3-1;1-2(3)4/h2-6H,1H3;3-7H2,1-2H3;1-6H;2*1-5H2;1H3,(H,3,4). The summed E-state index contributed by atoms with van der Waals surface area (Å²) in [5.74, 6) is -0.833. The van der Waals surface area contributed by atoms with Crippen LogP contribution in [0, 0.1) is 6.92 Å². The van der Waals surface area contributed by atoms with Gasteiger partial charge < -0.3 is 14.6 Å². The Bertz CT molecular complexity index is 553. The maximum atomic E-state index is 9.00. The Balaban J connectivity index is 0. The van der Waals surface area contributed by atoms with Gasteiger partial charge in [-0.2, -0.15) is 0 Å². The van der Waals surface area contributed by atoms with Crippen molar-refractivity contribution in [1.29, 1.82) is 0 Å². The molecular formula is C32H54O4. The summed E-state index contributed by atoms with van der Waals surface area (Å²) in [7, 11) is 0. The van der Waals surface area contributed by atoms with Crippen LogP contribution in [0.1, 0.15) is 97.0 Å². The Morgan fingerprint density at radius 1 is 0.639 bits per heavy atom. The van der Waals surface area contributed by atoms with Crippen LogP contribution in [0.5, 0.6) is 0 Å². The van der Waals surface area contributed by atoms with Gasteiger partial charge in [-0.25, -0.2) is 0 Å². The number of aliphatic carboxylic acids is 1. The van der Waals surface area contributed by atoms with E-state index in [2.05, 4.69) is 32.9 Å². The molecule has 0 aromatic heterocycles. The second-order valence-corrected chi connectivity index (χ2v) is 8.74. The van der Waals surface area contributed by atoms with Crippen LogP contribution in [0.15, 0.2) is 66.7 Å². The fourth-order valence-corrected chi connectivity index (χ4v) is 2.97. The monoisotopic (exact) mass is 502 g/mol. The first-order valence-electron chi connectivity index (χ1n) is 13.9. The average Bonchev–Trinajstić information content (AvgIpc) is 2.94. The molecule has 0 bridgehead atoms. The molecule has 0 aliphatic carbocycles. The van der Waals surface area contributed by atoms with Crippen LogP contribution in [0.2, 0.25) is 0 Å². The molecule has 36 heavy (non-hydrogen) atoms. The van der Waals surface area contributed by atoms with Crippen molar-refractivity contribution in [3.8, 4) is 0 Å². The number of rotatable bonds is 4. The predicted octanol–water partition coefficient (Wildman–Crippen LogP) is 9.12. The first-order valence-corrected chi connectivity index (χ1v) is 13.9. The van der Waals surface area contributed by atoms with Crippen molar-refractivity contribution in [2.45, 2.75) is 98.3 Å². The molecule has 2 saturated heterocycles. The molecule has 2 aromatic carbocycles. The Morgan fingerprint density at radius 2 is 0.944 bits per heavy atom. The lowest BCUT2D eigenvalue weighted by Crippen LogP contribution is -2.03. The SMILES string of the molecule is C1CCOCC1.C1CCOCC1.CC(=O)O.CCCCCCC.Cc1ccccc1.c1ccccc1. The molecule has 2 fully saturated rings. The molecule has 0 unspecified atom stereocenters. The molecule has 0 spiro atoms. The Labute approximate surface area is 222 Å².